The zero-order chi connectivity index (χ0) is 18.6. The first-order chi connectivity index (χ1) is 12.7. The van der Waals surface area contributed by atoms with Gasteiger partial charge in [0, 0.05) is 18.5 Å². The van der Waals surface area contributed by atoms with Crippen LogP contribution in [0.2, 0.25) is 0 Å². The summed E-state index contributed by atoms with van der Waals surface area (Å²) in [6, 6.07) is 20.6. The number of carbonyl (C=O) groups is 1. The van der Waals surface area contributed by atoms with Crippen molar-refractivity contribution in [1.29, 1.82) is 0 Å². The number of nitrogens with one attached hydrogen (secondary N) is 1. The third kappa shape index (κ3) is 7.38. The Hall–Kier alpha value is -2.17. The van der Waals surface area contributed by atoms with Crippen LogP contribution < -0.4 is 16.8 Å². The molecule has 2 aromatic rings. The molecule has 26 heavy (non-hydrogen) atoms. The van der Waals surface area contributed by atoms with E-state index < -0.39 is 0 Å². The van der Waals surface area contributed by atoms with E-state index in [-0.39, 0.29) is 17.9 Å². The molecule has 1 atom stereocenters. The third-order valence-electron chi connectivity index (χ3n) is 4.70. The van der Waals surface area contributed by atoms with E-state index in [1.165, 1.54) is 11.1 Å². The first-order valence-corrected chi connectivity index (χ1v) is 9.50. The molecule has 1 amide bonds. The fraction of sp³-hybridized carbons (Fsp3) is 0.409. The first kappa shape index (κ1) is 20.1. The predicted octanol–water partition coefficient (Wildman–Crippen LogP) is 2.66. The maximum Gasteiger partial charge on any atom is 0.223 e. The highest BCUT2D eigenvalue weighted by Gasteiger charge is 2.19. The Morgan fingerprint density at radius 2 is 1.35 bits per heavy atom. The monoisotopic (exact) mass is 353 g/mol. The highest BCUT2D eigenvalue weighted by molar-refractivity contribution is 5.78. The number of aryl methyl sites for hydroxylation is 2. The van der Waals surface area contributed by atoms with Crippen LogP contribution in [0.1, 0.15) is 30.4 Å². The zero-order valence-corrected chi connectivity index (χ0v) is 15.4. The fourth-order valence-electron chi connectivity index (χ4n) is 3.07. The lowest BCUT2D eigenvalue weighted by molar-refractivity contribution is -0.125. The van der Waals surface area contributed by atoms with E-state index >= 15 is 0 Å². The Kier molecular flexibility index (Phi) is 8.87. The number of rotatable bonds is 11. The maximum atomic E-state index is 12.7. The number of benzene rings is 2. The zero-order valence-electron chi connectivity index (χ0n) is 15.4. The average molecular weight is 354 g/mol. The molecule has 5 N–H and O–H groups in total. The highest BCUT2D eigenvalue weighted by Crippen LogP contribution is 2.17. The molecule has 0 bridgehead atoms. The number of carbonyl (C=O) groups excluding carboxylic acids is 1. The molecule has 2 aromatic carbocycles. The molecule has 4 nitrogen and oxygen atoms in total. The Labute approximate surface area is 157 Å². The molecule has 0 aliphatic carbocycles. The molecule has 2 rings (SSSR count). The second-order valence-corrected chi connectivity index (χ2v) is 6.83. The molecule has 0 aromatic heterocycles. The lowest BCUT2D eigenvalue weighted by Crippen LogP contribution is -2.41. The van der Waals surface area contributed by atoms with E-state index in [2.05, 4.69) is 29.6 Å². The predicted molar refractivity (Wildman–Crippen MR) is 108 cm³/mol. The molecule has 0 spiro atoms. The molecule has 0 aliphatic rings. The van der Waals surface area contributed by atoms with Crippen molar-refractivity contribution in [2.45, 2.75) is 38.1 Å². The van der Waals surface area contributed by atoms with Gasteiger partial charge in [-0.25, -0.2) is 0 Å². The number of amides is 1. The maximum absolute atomic E-state index is 12.7. The summed E-state index contributed by atoms with van der Waals surface area (Å²) in [6.45, 7) is 1.03. The summed E-state index contributed by atoms with van der Waals surface area (Å²) < 4.78 is 0. The Balaban J connectivity index is 1.91. The number of nitrogens with two attached hydrogens (primary N) is 2. The van der Waals surface area contributed by atoms with Gasteiger partial charge in [-0.05, 0) is 49.8 Å². The average Bonchev–Trinajstić information content (AvgIpc) is 2.68. The van der Waals surface area contributed by atoms with E-state index in [4.69, 9.17) is 11.5 Å². The van der Waals surface area contributed by atoms with Crippen LogP contribution in [0.4, 0.5) is 0 Å². The van der Waals surface area contributed by atoms with Crippen LogP contribution in [0.15, 0.2) is 60.7 Å². The lowest BCUT2D eigenvalue weighted by atomic mass is 9.92. The van der Waals surface area contributed by atoms with Crippen molar-refractivity contribution < 1.29 is 4.79 Å². The van der Waals surface area contributed by atoms with E-state index in [1.807, 2.05) is 36.4 Å². The van der Waals surface area contributed by atoms with Crippen LogP contribution in [0, 0.1) is 5.92 Å². The molecule has 0 radical (unpaired) electrons. The highest BCUT2D eigenvalue weighted by atomic mass is 16.1. The molecule has 0 fully saturated rings. The SMILES string of the molecule is NCC[C@H](N)CNC(=O)C(CCc1ccccc1)CCc1ccccc1. The van der Waals surface area contributed by atoms with Crippen LogP contribution in [-0.4, -0.2) is 25.0 Å². The van der Waals surface area contributed by atoms with Gasteiger partial charge in [0.15, 0.2) is 0 Å². The molecule has 140 valence electrons. The van der Waals surface area contributed by atoms with E-state index in [0.29, 0.717) is 13.1 Å². The minimum Gasteiger partial charge on any atom is -0.354 e. The number of hydrogen-bond acceptors (Lipinski definition) is 3. The van der Waals surface area contributed by atoms with E-state index in [0.717, 1.165) is 32.1 Å². The van der Waals surface area contributed by atoms with Gasteiger partial charge in [-0.1, -0.05) is 60.7 Å². The van der Waals surface area contributed by atoms with Crippen molar-refractivity contribution in [2.24, 2.45) is 17.4 Å². The Bertz CT molecular complexity index is 587. The van der Waals surface area contributed by atoms with Gasteiger partial charge < -0.3 is 16.8 Å². The smallest absolute Gasteiger partial charge is 0.223 e. The lowest BCUT2D eigenvalue weighted by Gasteiger charge is -2.19. The first-order valence-electron chi connectivity index (χ1n) is 9.50. The minimum absolute atomic E-state index is 0.0134. The summed E-state index contributed by atoms with van der Waals surface area (Å²) in [5.74, 6) is 0.0878. The van der Waals surface area contributed by atoms with Gasteiger partial charge in [-0.3, -0.25) is 4.79 Å². The van der Waals surface area contributed by atoms with Gasteiger partial charge in [0.05, 0.1) is 0 Å². The summed E-state index contributed by atoms with van der Waals surface area (Å²) in [5.41, 5.74) is 14.0. The van der Waals surface area contributed by atoms with Crippen molar-refractivity contribution in [3.05, 3.63) is 71.8 Å². The summed E-state index contributed by atoms with van der Waals surface area (Å²) in [6.07, 6.45) is 4.22. The van der Waals surface area contributed by atoms with Crippen LogP contribution in [0.5, 0.6) is 0 Å². The van der Waals surface area contributed by atoms with Gasteiger partial charge in [0.1, 0.15) is 0 Å². The molecular formula is C22H31N3O. The normalized spacial score (nSPS) is 12.1. The standard InChI is InChI=1S/C22H31N3O/c23-16-15-21(24)17-25-22(26)20(13-11-18-7-3-1-4-8-18)14-12-19-9-5-2-6-10-19/h1-10,20-21H,11-17,23-24H2,(H,25,26)/t21-/m0/s1. The van der Waals surface area contributed by atoms with Crippen LogP contribution in [0.3, 0.4) is 0 Å². The Morgan fingerprint density at radius 1 is 0.846 bits per heavy atom. The van der Waals surface area contributed by atoms with Crippen molar-refractivity contribution in [2.75, 3.05) is 13.1 Å². The van der Waals surface area contributed by atoms with Crippen LogP contribution >= 0.6 is 0 Å². The van der Waals surface area contributed by atoms with Crippen molar-refractivity contribution in [3.8, 4) is 0 Å². The topological polar surface area (TPSA) is 81.1 Å². The fourth-order valence-corrected chi connectivity index (χ4v) is 3.07. The van der Waals surface area contributed by atoms with Gasteiger partial charge in [-0.2, -0.15) is 0 Å². The second kappa shape index (κ2) is 11.4. The van der Waals surface area contributed by atoms with Crippen molar-refractivity contribution >= 4 is 5.91 Å². The summed E-state index contributed by atoms with van der Waals surface area (Å²) in [4.78, 5) is 12.7. The largest absolute Gasteiger partial charge is 0.354 e. The second-order valence-electron chi connectivity index (χ2n) is 6.83. The van der Waals surface area contributed by atoms with Gasteiger partial charge in [0.25, 0.3) is 0 Å². The summed E-state index contributed by atoms with van der Waals surface area (Å²) in [7, 11) is 0. The molecular weight excluding hydrogens is 322 g/mol. The quantitative estimate of drug-likeness (QED) is 0.581. The molecule has 0 heterocycles. The molecule has 0 aliphatic heterocycles. The summed E-state index contributed by atoms with van der Waals surface area (Å²) in [5, 5.41) is 3.02. The number of hydrogen-bond donors (Lipinski definition) is 3. The van der Waals surface area contributed by atoms with Gasteiger partial charge in [0.2, 0.25) is 5.91 Å². The minimum atomic E-state index is -0.0761. The van der Waals surface area contributed by atoms with Crippen molar-refractivity contribution in [3.63, 3.8) is 0 Å². The van der Waals surface area contributed by atoms with Gasteiger partial charge in [-0.15, -0.1) is 0 Å². The van der Waals surface area contributed by atoms with Gasteiger partial charge >= 0.3 is 0 Å². The molecule has 0 unspecified atom stereocenters. The van der Waals surface area contributed by atoms with Crippen molar-refractivity contribution in [1.82, 2.24) is 5.32 Å². The van der Waals surface area contributed by atoms with Crippen LogP contribution in [0.25, 0.3) is 0 Å². The molecule has 0 saturated carbocycles. The molecule has 4 heteroatoms. The summed E-state index contributed by atoms with van der Waals surface area (Å²) >= 11 is 0. The van der Waals surface area contributed by atoms with E-state index in [9.17, 15) is 4.79 Å². The van der Waals surface area contributed by atoms with Crippen LogP contribution in [-0.2, 0) is 17.6 Å². The molecule has 0 saturated heterocycles. The van der Waals surface area contributed by atoms with E-state index in [1.54, 1.807) is 0 Å². The Morgan fingerprint density at radius 3 is 1.81 bits per heavy atom. The third-order valence-corrected chi connectivity index (χ3v) is 4.70.